The molecule has 1 N–H and O–H groups in total. The number of methoxy groups -OCH3 is 1. The van der Waals surface area contributed by atoms with Crippen LogP contribution in [0.25, 0.3) is 0 Å². The summed E-state index contributed by atoms with van der Waals surface area (Å²) in [4.78, 5) is 11.9. The number of benzene rings is 1. The molecule has 20 heavy (non-hydrogen) atoms. The first-order valence-electron chi connectivity index (χ1n) is 6.71. The summed E-state index contributed by atoms with van der Waals surface area (Å²) in [6, 6.07) is 9.14. The Kier molecular flexibility index (Phi) is 6.20. The zero-order valence-corrected chi connectivity index (χ0v) is 12.4. The van der Waals surface area contributed by atoms with Gasteiger partial charge in [-0.1, -0.05) is 26.0 Å². The second-order valence-electron chi connectivity index (χ2n) is 5.67. The maximum absolute atomic E-state index is 11.9. The molecule has 0 bridgehead atoms. The van der Waals surface area contributed by atoms with E-state index in [0.29, 0.717) is 25.1 Å². The molecule has 4 nitrogen and oxygen atoms in total. The summed E-state index contributed by atoms with van der Waals surface area (Å²) in [5.74, 6) is 0.000185. The molecule has 4 heteroatoms. The highest BCUT2D eigenvalue weighted by atomic mass is 16.5. The third-order valence-corrected chi connectivity index (χ3v) is 3.19. The second-order valence-corrected chi connectivity index (χ2v) is 5.67. The quantitative estimate of drug-likeness (QED) is 0.829. The SMILES string of the molecule is COCCC(C)(C)CNC(=O)Cc1ccc(C#N)cc1. The molecule has 0 aliphatic rings. The number of ether oxygens (including phenoxy) is 1. The van der Waals surface area contributed by atoms with E-state index in [9.17, 15) is 4.79 Å². The first-order valence-corrected chi connectivity index (χ1v) is 6.71. The number of nitriles is 1. The zero-order valence-electron chi connectivity index (χ0n) is 12.4. The zero-order chi connectivity index (χ0) is 15.0. The third-order valence-electron chi connectivity index (χ3n) is 3.19. The minimum absolute atomic E-state index is 0.000185. The van der Waals surface area contributed by atoms with Gasteiger partial charge in [-0.2, -0.15) is 5.26 Å². The Morgan fingerprint density at radius 1 is 1.35 bits per heavy atom. The summed E-state index contributed by atoms with van der Waals surface area (Å²) in [5, 5.41) is 11.7. The molecule has 0 fully saturated rings. The molecule has 1 aromatic rings. The van der Waals surface area contributed by atoms with Crippen LogP contribution >= 0.6 is 0 Å². The van der Waals surface area contributed by atoms with Gasteiger partial charge in [-0.05, 0) is 29.5 Å². The van der Waals surface area contributed by atoms with Gasteiger partial charge in [0.15, 0.2) is 0 Å². The molecule has 0 aliphatic heterocycles. The lowest BCUT2D eigenvalue weighted by atomic mass is 9.89. The number of carbonyl (C=O) groups excluding carboxylic acids is 1. The summed E-state index contributed by atoms with van der Waals surface area (Å²) in [6.07, 6.45) is 1.24. The van der Waals surface area contributed by atoms with Crippen molar-refractivity contribution in [2.45, 2.75) is 26.7 Å². The average molecular weight is 274 g/mol. The lowest BCUT2D eigenvalue weighted by Crippen LogP contribution is -2.35. The molecule has 0 heterocycles. The van der Waals surface area contributed by atoms with Gasteiger partial charge in [-0.25, -0.2) is 0 Å². The van der Waals surface area contributed by atoms with E-state index < -0.39 is 0 Å². The topological polar surface area (TPSA) is 62.1 Å². The number of amides is 1. The largest absolute Gasteiger partial charge is 0.385 e. The molecule has 1 amide bonds. The lowest BCUT2D eigenvalue weighted by molar-refractivity contribution is -0.120. The fourth-order valence-electron chi connectivity index (χ4n) is 1.75. The van der Waals surface area contributed by atoms with Gasteiger partial charge in [0.05, 0.1) is 18.1 Å². The molecule has 0 saturated carbocycles. The van der Waals surface area contributed by atoms with Gasteiger partial charge < -0.3 is 10.1 Å². The molecular formula is C16H22N2O2. The fraction of sp³-hybridized carbons (Fsp3) is 0.500. The van der Waals surface area contributed by atoms with E-state index in [1.165, 1.54) is 0 Å². The van der Waals surface area contributed by atoms with Crippen molar-refractivity contribution in [2.75, 3.05) is 20.3 Å². The minimum Gasteiger partial charge on any atom is -0.385 e. The number of nitrogens with one attached hydrogen (secondary N) is 1. The predicted molar refractivity (Wildman–Crippen MR) is 78.1 cm³/mol. The molecule has 0 saturated heterocycles. The van der Waals surface area contributed by atoms with E-state index in [4.69, 9.17) is 10.00 Å². The Morgan fingerprint density at radius 2 is 2.00 bits per heavy atom. The standard InChI is InChI=1S/C16H22N2O2/c1-16(2,8-9-20-3)12-18-15(19)10-13-4-6-14(11-17)7-5-13/h4-7H,8-10,12H2,1-3H3,(H,18,19). The third kappa shape index (κ3) is 5.85. The van der Waals surface area contributed by atoms with Crippen molar-refractivity contribution >= 4 is 5.91 Å². The molecule has 1 rings (SSSR count). The van der Waals surface area contributed by atoms with E-state index >= 15 is 0 Å². The van der Waals surface area contributed by atoms with Crippen LogP contribution < -0.4 is 5.32 Å². The van der Waals surface area contributed by atoms with Crippen LogP contribution in [0.1, 0.15) is 31.4 Å². The Hall–Kier alpha value is -1.86. The highest BCUT2D eigenvalue weighted by Crippen LogP contribution is 2.18. The monoisotopic (exact) mass is 274 g/mol. The minimum atomic E-state index is 0.000185. The molecule has 0 aromatic heterocycles. The highest BCUT2D eigenvalue weighted by Gasteiger charge is 2.18. The number of hydrogen-bond donors (Lipinski definition) is 1. The van der Waals surface area contributed by atoms with Crippen molar-refractivity contribution in [3.05, 3.63) is 35.4 Å². The average Bonchev–Trinajstić information content (AvgIpc) is 2.44. The first kappa shape index (κ1) is 16.2. The van der Waals surface area contributed by atoms with Crippen LogP contribution in [0, 0.1) is 16.7 Å². The Morgan fingerprint density at radius 3 is 2.55 bits per heavy atom. The van der Waals surface area contributed by atoms with Crippen molar-refractivity contribution in [2.24, 2.45) is 5.41 Å². The first-order chi connectivity index (χ1) is 9.46. The Bertz CT molecular complexity index is 472. The summed E-state index contributed by atoms with van der Waals surface area (Å²) < 4.78 is 5.06. The maximum Gasteiger partial charge on any atom is 0.224 e. The van der Waals surface area contributed by atoms with Gasteiger partial charge in [0.2, 0.25) is 5.91 Å². The van der Waals surface area contributed by atoms with E-state index in [2.05, 4.69) is 25.2 Å². The molecule has 0 atom stereocenters. The van der Waals surface area contributed by atoms with Crippen molar-refractivity contribution < 1.29 is 9.53 Å². The maximum atomic E-state index is 11.9. The van der Waals surface area contributed by atoms with Gasteiger partial charge in [0.1, 0.15) is 0 Å². The summed E-state index contributed by atoms with van der Waals surface area (Å²) in [7, 11) is 1.68. The molecule has 108 valence electrons. The van der Waals surface area contributed by atoms with Crippen LogP contribution in [0.2, 0.25) is 0 Å². The van der Waals surface area contributed by atoms with Crippen LogP contribution in [0.3, 0.4) is 0 Å². The number of rotatable bonds is 7. The predicted octanol–water partition coefficient (Wildman–Crippen LogP) is 2.28. The van der Waals surface area contributed by atoms with E-state index in [0.717, 1.165) is 12.0 Å². The van der Waals surface area contributed by atoms with Crippen molar-refractivity contribution in [1.29, 1.82) is 5.26 Å². The summed E-state index contributed by atoms with van der Waals surface area (Å²) >= 11 is 0. The number of nitrogens with zero attached hydrogens (tertiary/aromatic N) is 1. The van der Waals surface area contributed by atoms with E-state index in [1.807, 2.05) is 12.1 Å². The van der Waals surface area contributed by atoms with Crippen LogP contribution in [0.5, 0.6) is 0 Å². The molecule has 0 spiro atoms. The molecule has 0 unspecified atom stereocenters. The van der Waals surface area contributed by atoms with Gasteiger partial charge in [-0.15, -0.1) is 0 Å². The van der Waals surface area contributed by atoms with Crippen LogP contribution in [0.4, 0.5) is 0 Å². The summed E-state index contributed by atoms with van der Waals surface area (Å²) in [5.41, 5.74) is 1.54. The van der Waals surface area contributed by atoms with Gasteiger partial charge in [0, 0.05) is 20.3 Å². The molecule has 1 aromatic carbocycles. The Labute approximate surface area is 120 Å². The van der Waals surface area contributed by atoms with Crippen LogP contribution in [0.15, 0.2) is 24.3 Å². The number of carbonyl (C=O) groups is 1. The molecular weight excluding hydrogens is 252 g/mol. The van der Waals surface area contributed by atoms with Gasteiger partial charge in [-0.3, -0.25) is 4.79 Å². The highest BCUT2D eigenvalue weighted by molar-refractivity contribution is 5.78. The smallest absolute Gasteiger partial charge is 0.224 e. The van der Waals surface area contributed by atoms with Crippen molar-refractivity contribution in [3.63, 3.8) is 0 Å². The fourth-order valence-corrected chi connectivity index (χ4v) is 1.75. The van der Waals surface area contributed by atoms with Gasteiger partial charge in [0.25, 0.3) is 0 Å². The van der Waals surface area contributed by atoms with Gasteiger partial charge >= 0.3 is 0 Å². The second kappa shape index (κ2) is 7.66. The molecule has 0 aliphatic carbocycles. The van der Waals surface area contributed by atoms with Crippen molar-refractivity contribution in [1.82, 2.24) is 5.32 Å². The summed E-state index contributed by atoms with van der Waals surface area (Å²) in [6.45, 7) is 5.53. The molecule has 0 radical (unpaired) electrons. The van der Waals surface area contributed by atoms with E-state index in [-0.39, 0.29) is 11.3 Å². The van der Waals surface area contributed by atoms with Crippen LogP contribution in [-0.2, 0) is 16.0 Å². The van der Waals surface area contributed by atoms with E-state index in [1.54, 1.807) is 19.2 Å². The Balaban J connectivity index is 2.41. The van der Waals surface area contributed by atoms with Crippen LogP contribution in [-0.4, -0.2) is 26.2 Å². The normalized spacial score (nSPS) is 10.9. The lowest BCUT2D eigenvalue weighted by Gasteiger charge is -2.24. The van der Waals surface area contributed by atoms with Crippen molar-refractivity contribution in [3.8, 4) is 6.07 Å². The number of hydrogen-bond acceptors (Lipinski definition) is 3.